The standard InChI is InChI=1S/C19H24O4Si/c1-5-18(23-16-10-8-15(22-2)9-11-16)24(3,4)17-12-6-14(7-13-17)19(20)21/h6-13,18H,5H2,1-4H3,(H,20,21). The van der Waals surface area contributed by atoms with Crippen molar-refractivity contribution in [3.8, 4) is 11.5 Å². The summed E-state index contributed by atoms with van der Waals surface area (Å²) >= 11 is 0. The van der Waals surface area contributed by atoms with Gasteiger partial charge in [0.2, 0.25) is 0 Å². The summed E-state index contributed by atoms with van der Waals surface area (Å²) in [6, 6.07) is 14.8. The van der Waals surface area contributed by atoms with Gasteiger partial charge < -0.3 is 14.6 Å². The molecule has 0 bridgehead atoms. The monoisotopic (exact) mass is 344 g/mol. The van der Waals surface area contributed by atoms with E-state index in [1.807, 2.05) is 36.4 Å². The molecule has 4 nitrogen and oxygen atoms in total. The fourth-order valence-corrected chi connectivity index (χ4v) is 5.64. The van der Waals surface area contributed by atoms with Gasteiger partial charge in [-0.05, 0) is 42.8 Å². The number of hydrogen-bond donors (Lipinski definition) is 1. The van der Waals surface area contributed by atoms with E-state index >= 15 is 0 Å². The van der Waals surface area contributed by atoms with E-state index in [4.69, 9.17) is 14.6 Å². The third-order valence-electron chi connectivity index (χ3n) is 4.39. The molecule has 2 aromatic rings. The Morgan fingerprint density at radius 1 is 1.04 bits per heavy atom. The molecule has 1 N–H and O–H groups in total. The minimum Gasteiger partial charge on any atom is -0.497 e. The summed E-state index contributed by atoms with van der Waals surface area (Å²) in [5.74, 6) is 0.726. The van der Waals surface area contributed by atoms with Gasteiger partial charge >= 0.3 is 5.97 Å². The highest BCUT2D eigenvalue weighted by atomic mass is 28.3. The zero-order chi connectivity index (χ0) is 17.7. The van der Waals surface area contributed by atoms with E-state index in [0.717, 1.165) is 17.9 Å². The van der Waals surface area contributed by atoms with Crippen molar-refractivity contribution < 1.29 is 19.4 Å². The van der Waals surface area contributed by atoms with Crippen LogP contribution >= 0.6 is 0 Å². The molecule has 2 aromatic carbocycles. The van der Waals surface area contributed by atoms with Crippen LogP contribution in [-0.2, 0) is 0 Å². The van der Waals surface area contributed by atoms with Gasteiger partial charge in [0.05, 0.1) is 18.4 Å². The Morgan fingerprint density at radius 2 is 1.58 bits per heavy atom. The number of ether oxygens (including phenoxy) is 2. The first-order chi connectivity index (χ1) is 11.4. The Morgan fingerprint density at radius 3 is 2.04 bits per heavy atom. The summed E-state index contributed by atoms with van der Waals surface area (Å²) in [6.07, 6.45) is 0.895. The fourth-order valence-electron chi connectivity index (χ4n) is 2.79. The van der Waals surface area contributed by atoms with Gasteiger partial charge in [-0.2, -0.15) is 0 Å². The van der Waals surface area contributed by atoms with Gasteiger partial charge in [0.15, 0.2) is 0 Å². The molecule has 0 radical (unpaired) electrons. The van der Waals surface area contributed by atoms with Crippen LogP contribution in [0.2, 0.25) is 13.1 Å². The number of aromatic carboxylic acids is 1. The SMILES string of the molecule is CCC(Oc1ccc(OC)cc1)[Si](C)(C)c1ccc(C(=O)O)cc1. The van der Waals surface area contributed by atoms with Crippen LogP contribution in [0.1, 0.15) is 23.7 Å². The molecule has 128 valence electrons. The van der Waals surface area contributed by atoms with Gasteiger partial charge in [0.25, 0.3) is 0 Å². The Hall–Kier alpha value is -2.27. The van der Waals surface area contributed by atoms with Crippen molar-refractivity contribution >= 4 is 19.2 Å². The Kier molecular flexibility index (Phi) is 5.67. The van der Waals surface area contributed by atoms with Crippen LogP contribution in [0.4, 0.5) is 0 Å². The molecular weight excluding hydrogens is 320 g/mol. The van der Waals surface area contributed by atoms with Gasteiger partial charge in [-0.1, -0.05) is 37.3 Å². The summed E-state index contributed by atoms with van der Waals surface area (Å²) < 4.78 is 11.4. The lowest BCUT2D eigenvalue weighted by molar-refractivity contribution is 0.0697. The summed E-state index contributed by atoms with van der Waals surface area (Å²) in [5.41, 5.74) is 0.411. The van der Waals surface area contributed by atoms with Gasteiger partial charge in [-0.3, -0.25) is 0 Å². The van der Waals surface area contributed by atoms with Crippen LogP contribution in [0.25, 0.3) is 0 Å². The molecule has 1 atom stereocenters. The second-order valence-electron chi connectivity index (χ2n) is 6.29. The van der Waals surface area contributed by atoms with E-state index in [1.54, 1.807) is 19.2 Å². The molecular formula is C19H24O4Si. The zero-order valence-electron chi connectivity index (χ0n) is 14.6. The molecule has 2 rings (SSSR count). The summed E-state index contributed by atoms with van der Waals surface area (Å²) in [5, 5.41) is 10.2. The predicted molar refractivity (Wildman–Crippen MR) is 98.2 cm³/mol. The van der Waals surface area contributed by atoms with Crippen molar-refractivity contribution in [1.82, 2.24) is 0 Å². The Bertz CT molecular complexity index is 678. The fraction of sp³-hybridized carbons (Fsp3) is 0.316. The summed E-state index contributed by atoms with van der Waals surface area (Å²) in [7, 11) is -0.277. The molecule has 0 fully saturated rings. The van der Waals surface area contributed by atoms with Crippen LogP contribution in [-0.4, -0.2) is 32.0 Å². The van der Waals surface area contributed by atoms with Crippen molar-refractivity contribution in [3.05, 3.63) is 54.1 Å². The summed E-state index contributed by atoms with van der Waals surface area (Å²) in [6.45, 7) is 6.62. The molecule has 0 heterocycles. The van der Waals surface area contributed by atoms with Crippen molar-refractivity contribution in [2.24, 2.45) is 0 Å². The number of carbonyl (C=O) groups is 1. The first kappa shape index (κ1) is 18.1. The van der Waals surface area contributed by atoms with Crippen LogP contribution in [0.15, 0.2) is 48.5 Å². The van der Waals surface area contributed by atoms with Gasteiger partial charge in [-0.15, -0.1) is 0 Å². The van der Waals surface area contributed by atoms with Gasteiger partial charge in [-0.25, -0.2) is 4.79 Å². The van der Waals surface area contributed by atoms with Crippen LogP contribution in [0.3, 0.4) is 0 Å². The molecule has 0 spiro atoms. The molecule has 0 aliphatic heterocycles. The first-order valence-electron chi connectivity index (χ1n) is 8.03. The largest absolute Gasteiger partial charge is 0.497 e. The normalized spacial score (nSPS) is 12.5. The van der Waals surface area contributed by atoms with E-state index in [9.17, 15) is 4.79 Å². The molecule has 0 aliphatic rings. The maximum Gasteiger partial charge on any atom is 0.335 e. The highest BCUT2D eigenvalue weighted by Crippen LogP contribution is 2.23. The van der Waals surface area contributed by atoms with Gasteiger partial charge in [0, 0.05) is 0 Å². The average molecular weight is 344 g/mol. The Balaban J connectivity index is 2.21. The minimum absolute atomic E-state index is 0.0987. The maximum atomic E-state index is 11.0. The number of carboxylic acids is 1. The van der Waals surface area contributed by atoms with E-state index in [0.29, 0.717) is 5.56 Å². The maximum absolute atomic E-state index is 11.0. The summed E-state index contributed by atoms with van der Waals surface area (Å²) in [4.78, 5) is 11.0. The van der Waals surface area contributed by atoms with Crippen molar-refractivity contribution in [2.75, 3.05) is 7.11 Å². The smallest absolute Gasteiger partial charge is 0.335 e. The molecule has 1 unspecified atom stereocenters. The predicted octanol–water partition coefficient (Wildman–Crippen LogP) is 3.71. The number of rotatable bonds is 7. The van der Waals surface area contributed by atoms with Crippen LogP contribution < -0.4 is 14.7 Å². The Labute approximate surface area is 144 Å². The number of methoxy groups -OCH3 is 1. The lowest BCUT2D eigenvalue weighted by Crippen LogP contribution is -2.55. The van der Waals surface area contributed by atoms with Crippen molar-refractivity contribution in [1.29, 1.82) is 0 Å². The zero-order valence-corrected chi connectivity index (χ0v) is 15.6. The number of hydrogen-bond acceptors (Lipinski definition) is 3. The molecule has 0 aliphatic carbocycles. The average Bonchev–Trinajstić information content (AvgIpc) is 2.60. The lowest BCUT2D eigenvalue weighted by Gasteiger charge is -2.32. The third kappa shape index (κ3) is 3.97. The van der Waals surface area contributed by atoms with E-state index < -0.39 is 14.0 Å². The highest BCUT2D eigenvalue weighted by Gasteiger charge is 2.34. The molecule has 0 aromatic heterocycles. The number of benzene rings is 2. The topological polar surface area (TPSA) is 55.8 Å². The minimum atomic E-state index is -1.92. The molecule has 5 heteroatoms. The van der Waals surface area contributed by atoms with E-state index in [2.05, 4.69) is 20.0 Å². The van der Waals surface area contributed by atoms with Crippen LogP contribution in [0, 0.1) is 0 Å². The molecule has 0 amide bonds. The third-order valence-corrected chi connectivity index (χ3v) is 8.35. The second-order valence-corrected chi connectivity index (χ2v) is 11.0. The molecule has 0 saturated heterocycles. The highest BCUT2D eigenvalue weighted by molar-refractivity contribution is 6.90. The van der Waals surface area contributed by atoms with E-state index in [-0.39, 0.29) is 5.73 Å². The quantitative estimate of drug-likeness (QED) is 0.778. The van der Waals surface area contributed by atoms with Crippen LogP contribution in [0.5, 0.6) is 11.5 Å². The molecule has 0 saturated carbocycles. The first-order valence-corrected chi connectivity index (χ1v) is 11.1. The van der Waals surface area contributed by atoms with E-state index in [1.165, 1.54) is 5.19 Å². The van der Waals surface area contributed by atoms with Gasteiger partial charge in [0.1, 0.15) is 19.6 Å². The lowest BCUT2D eigenvalue weighted by atomic mass is 10.2. The van der Waals surface area contributed by atoms with Crippen molar-refractivity contribution in [2.45, 2.75) is 32.2 Å². The van der Waals surface area contributed by atoms with Crippen molar-refractivity contribution in [3.63, 3.8) is 0 Å². The second kappa shape index (κ2) is 7.53. The molecule has 24 heavy (non-hydrogen) atoms. The number of carboxylic acid groups (broad SMARTS) is 1.